The first-order valence-corrected chi connectivity index (χ1v) is 12.8. The Morgan fingerprint density at radius 3 is 2.71 bits per heavy atom. The van der Waals surface area contributed by atoms with Gasteiger partial charge < -0.3 is 14.8 Å². The topological polar surface area (TPSA) is 80.1 Å². The minimum atomic E-state index is -0.159. The van der Waals surface area contributed by atoms with Crippen LogP contribution in [0.15, 0.2) is 60.3 Å². The zero-order chi connectivity index (χ0) is 24.9. The third kappa shape index (κ3) is 5.65. The lowest BCUT2D eigenvalue weighted by molar-refractivity contribution is -0.113. The number of amides is 2. The molecule has 0 spiro atoms. The molecular formula is C27H31N5O2S. The summed E-state index contributed by atoms with van der Waals surface area (Å²) in [6, 6.07) is 13.5. The van der Waals surface area contributed by atoms with E-state index in [1.54, 1.807) is 6.08 Å². The molecule has 2 amide bonds. The third-order valence-electron chi connectivity index (χ3n) is 6.13. The number of benzene rings is 2. The fraction of sp³-hybridized carbons (Fsp3) is 0.333. The van der Waals surface area contributed by atoms with Crippen molar-refractivity contribution >= 4 is 29.3 Å². The van der Waals surface area contributed by atoms with Crippen molar-refractivity contribution in [2.24, 2.45) is 0 Å². The van der Waals surface area contributed by atoms with Crippen LogP contribution < -0.4 is 5.32 Å². The molecule has 1 atom stereocenters. The van der Waals surface area contributed by atoms with Gasteiger partial charge in [0.1, 0.15) is 0 Å². The maximum atomic E-state index is 13.3. The van der Waals surface area contributed by atoms with Gasteiger partial charge in [-0.25, -0.2) is 0 Å². The highest BCUT2D eigenvalue weighted by Gasteiger charge is 2.34. The monoisotopic (exact) mass is 489 g/mol. The van der Waals surface area contributed by atoms with Gasteiger partial charge in [-0.1, -0.05) is 47.7 Å². The van der Waals surface area contributed by atoms with Gasteiger partial charge in [-0.3, -0.25) is 9.59 Å². The van der Waals surface area contributed by atoms with E-state index in [0.29, 0.717) is 23.8 Å². The average Bonchev–Trinajstić information content (AvgIpc) is 3.47. The van der Waals surface area contributed by atoms with Crippen LogP contribution in [-0.2, 0) is 11.3 Å². The summed E-state index contributed by atoms with van der Waals surface area (Å²) in [5, 5.41) is 12.5. The van der Waals surface area contributed by atoms with Gasteiger partial charge in [0.2, 0.25) is 5.91 Å². The Morgan fingerprint density at radius 1 is 1.14 bits per heavy atom. The summed E-state index contributed by atoms with van der Waals surface area (Å²) >= 11 is 1.34. The number of anilines is 1. The second kappa shape index (κ2) is 10.9. The lowest BCUT2D eigenvalue weighted by Crippen LogP contribution is -2.32. The first kappa shape index (κ1) is 24.7. The van der Waals surface area contributed by atoms with Gasteiger partial charge in [-0.05, 0) is 62.9 Å². The van der Waals surface area contributed by atoms with E-state index in [9.17, 15) is 9.59 Å². The van der Waals surface area contributed by atoms with E-state index in [-0.39, 0.29) is 23.6 Å². The maximum absolute atomic E-state index is 13.3. The van der Waals surface area contributed by atoms with Crippen LogP contribution in [0.3, 0.4) is 0 Å². The fourth-order valence-electron chi connectivity index (χ4n) is 4.36. The normalized spacial score (nSPS) is 15.3. The molecule has 8 heteroatoms. The number of aryl methyl sites for hydroxylation is 3. The molecule has 35 heavy (non-hydrogen) atoms. The summed E-state index contributed by atoms with van der Waals surface area (Å²) in [6.07, 6.45) is 3.52. The van der Waals surface area contributed by atoms with Crippen molar-refractivity contribution < 1.29 is 9.59 Å². The molecule has 0 radical (unpaired) electrons. The van der Waals surface area contributed by atoms with E-state index in [2.05, 4.69) is 22.1 Å². The number of aromatic nitrogens is 3. The SMILES string of the molecule is C=CCn1c(SCC(=O)Nc2cc(C)ccc2C)nnc1C1CCCN1C(=O)c1cccc(C)c1. The highest BCUT2D eigenvalue weighted by Crippen LogP contribution is 2.34. The van der Waals surface area contributed by atoms with E-state index in [1.165, 1.54) is 11.8 Å². The van der Waals surface area contributed by atoms with Crippen LogP contribution in [0.1, 0.15) is 51.8 Å². The molecule has 2 heterocycles. The molecule has 1 aromatic heterocycles. The van der Waals surface area contributed by atoms with Crippen LogP contribution >= 0.6 is 11.8 Å². The molecule has 1 N–H and O–H groups in total. The van der Waals surface area contributed by atoms with Gasteiger partial charge in [0.05, 0.1) is 11.8 Å². The Hall–Kier alpha value is -3.39. The lowest BCUT2D eigenvalue weighted by Gasteiger charge is -2.25. The molecule has 1 aliphatic rings. The molecule has 7 nitrogen and oxygen atoms in total. The number of thioether (sulfide) groups is 1. The second-order valence-electron chi connectivity index (χ2n) is 8.92. The van der Waals surface area contributed by atoms with Crippen molar-refractivity contribution in [2.45, 2.75) is 51.4 Å². The summed E-state index contributed by atoms with van der Waals surface area (Å²) in [5.41, 5.74) is 4.67. The number of likely N-dealkylation sites (tertiary alicyclic amines) is 1. The van der Waals surface area contributed by atoms with E-state index in [0.717, 1.165) is 41.0 Å². The number of hydrogen-bond acceptors (Lipinski definition) is 5. The van der Waals surface area contributed by atoms with Crippen molar-refractivity contribution in [3.63, 3.8) is 0 Å². The molecule has 1 saturated heterocycles. The fourth-order valence-corrected chi connectivity index (χ4v) is 5.12. The summed E-state index contributed by atoms with van der Waals surface area (Å²) in [4.78, 5) is 27.8. The molecule has 2 aromatic carbocycles. The first-order valence-electron chi connectivity index (χ1n) is 11.8. The molecule has 4 rings (SSSR count). The van der Waals surface area contributed by atoms with Crippen molar-refractivity contribution in [1.82, 2.24) is 19.7 Å². The van der Waals surface area contributed by atoms with Gasteiger partial charge in [0.25, 0.3) is 5.91 Å². The van der Waals surface area contributed by atoms with Crippen LogP contribution in [0.4, 0.5) is 5.69 Å². The Bertz CT molecular complexity index is 1250. The molecule has 0 bridgehead atoms. The Morgan fingerprint density at radius 2 is 1.94 bits per heavy atom. The number of nitrogens with zero attached hydrogens (tertiary/aromatic N) is 4. The Kier molecular flexibility index (Phi) is 7.70. The highest BCUT2D eigenvalue weighted by atomic mass is 32.2. The highest BCUT2D eigenvalue weighted by molar-refractivity contribution is 7.99. The lowest BCUT2D eigenvalue weighted by atomic mass is 10.1. The number of rotatable bonds is 8. The number of allylic oxidation sites excluding steroid dienone is 1. The molecule has 1 aliphatic heterocycles. The second-order valence-corrected chi connectivity index (χ2v) is 9.86. The number of carbonyl (C=O) groups excluding carboxylic acids is 2. The summed E-state index contributed by atoms with van der Waals surface area (Å²) in [7, 11) is 0. The predicted octanol–water partition coefficient (Wildman–Crippen LogP) is 5.10. The smallest absolute Gasteiger partial charge is 0.254 e. The van der Waals surface area contributed by atoms with Gasteiger partial charge in [-0.2, -0.15) is 0 Å². The van der Waals surface area contributed by atoms with Crippen LogP contribution in [0, 0.1) is 20.8 Å². The van der Waals surface area contributed by atoms with E-state index in [4.69, 9.17) is 0 Å². The number of hydrogen-bond donors (Lipinski definition) is 1. The van der Waals surface area contributed by atoms with Crippen molar-refractivity contribution in [1.29, 1.82) is 0 Å². The van der Waals surface area contributed by atoms with Crippen LogP contribution in [0.5, 0.6) is 0 Å². The van der Waals surface area contributed by atoms with Gasteiger partial charge >= 0.3 is 0 Å². The third-order valence-corrected chi connectivity index (χ3v) is 7.10. The molecular weight excluding hydrogens is 458 g/mol. The summed E-state index contributed by atoms with van der Waals surface area (Å²) in [6.45, 7) is 11.0. The van der Waals surface area contributed by atoms with Crippen LogP contribution in [0.2, 0.25) is 0 Å². The largest absolute Gasteiger partial charge is 0.328 e. The molecule has 0 saturated carbocycles. The predicted molar refractivity (Wildman–Crippen MR) is 140 cm³/mol. The number of nitrogens with one attached hydrogen (secondary N) is 1. The Balaban J connectivity index is 1.50. The summed E-state index contributed by atoms with van der Waals surface area (Å²) in [5.74, 6) is 0.849. The van der Waals surface area contributed by atoms with E-state index >= 15 is 0 Å². The van der Waals surface area contributed by atoms with Gasteiger partial charge in [-0.15, -0.1) is 16.8 Å². The first-order chi connectivity index (χ1) is 16.9. The zero-order valence-corrected chi connectivity index (χ0v) is 21.3. The zero-order valence-electron chi connectivity index (χ0n) is 20.5. The minimum Gasteiger partial charge on any atom is -0.328 e. The van der Waals surface area contributed by atoms with Crippen LogP contribution in [0.25, 0.3) is 0 Å². The van der Waals surface area contributed by atoms with E-state index in [1.807, 2.05) is 72.7 Å². The van der Waals surface area contributed by atoms with Gasteiger partial charge in [0, 0.05) is 24.3 Å². The minimum absolute atomic E-state index is 0.00598. The van der Waals surface area contributed by atoms with Crippen molar-refractivity contribution in [3.05, 3.63) is 83.2 Å². The molecule has 3 aromatic rings. The summed E-state index contributed by atoms with van der Waals surface area (Å²) < 4.78 is 1.97. The van der Waals surface area contributed by atoms with Crippen molar-refractivity contribution in [3.8, 4) is 0 Å². The van der Waals surface area contributed by atoms with Crippen molar-refractivity contribution in [2.75, 3.05) is 17.6 Å². The van der Waals surface area contributed by atoms with Crippen LogP contribution in [-0.4, -0.2) is 43.8 Å². The average molecular weight is 490 g/mol. The molecule has 182 valence electrons. The standard InChI is InChI=1S/C27H31N5O2S/c1-5-13-32-25(23-10-7-14-31(23)26(34)21-9-6-8-18(2)15-21)29-30-27(32)35-17-24(33)28-22-16-19(3)11-12-20(22)4/h5-6,8-9,11-12,15-16,23H,1,7,10,13-14,17H2,2-4H3,(H,28,33). The Labute approximate surface area is 210 Å². The molecule has 1 unspecified atom stereocenters. The van der Waals surface area contributed by atoms with Gasteiger partial charge in [0.15, 0.2) is 11.0 Å². The number of carbonyl (C=O) groups is 2. The molecule has 1 fully saturated rings. The maximum Gasteiger partial charge on any atom is 0.254 e. The quantitative estimate of drug-likeness (QED) is 0.352. The van der Waals surface area contributed by atoms with E-state index < -0.39 is 0 Å². The molecule has 0 aliphatic carbocycles.